The average Bonchev–Trinajstić information content (AvgIpc) is 2.54. The number of nitriles is 1. The molecule has 0 heterocycles. The molecule has 1 aliphatic carbocycles. The predicted octanol–water partition coefficient (Wildman–Crippen LogP) is 5.65. The van der Waals surface area contributed by atoms with Crippen molar-refractivity contribution < 1.29 is 0 Å². The normalized spacial score (nSPS) is 22.3. The fourth-order valence-corrected chi connectivity index (χ4v) is 3.36. The van der Waals surface area contributed by atoms with Gasteiger partial charge in [0, 0.05) is 0 Å². The van der Waals surface area contributed by atoms with Crippen molar-refractivity contribution in [2.75, 3.05) is 0 Å². The highest BCUT2D eigenvalue weighted by molar-refractivity contribution is 5.31. The summed E-state index contributed by atoms with van der Waals surface area (Å²) in [5.74, 6) is 1.82. The van der Waals surface area contributed by atoms with E-state index < -0.39 is 0 Å². The molecule has 0 aliphatic heterocycles. The molecule has 1 aromatic rings. The molecule has 0 atom stereocenters. The molecular weight excluding hydrogens is 254 g/mol. The number of aryl methyl sites for hydroxylation is 1. The first kappa shape index (κ1) is 15.8. The topological polar surface area (TPSA) is 23.8 Å². The summed E-state index contributed by atoms with van der Waals surface area (Å²) in [4.78, 5) is 0. The molecule has 0 amide bonds. The molecule has 0 saturated heterocycles. The van der Waals surface area contributed by atoms with E-state index in [4.69, 9.17) is 5.26 Å². The molecule has 112 valence electrons. The molecule has 0 unspecified atom stereocenters. The maximum atomic E-state index is 8.78. The van der Waals surface area contributed by atoms with Crippen LogP contribution in [0.1, 0.15) is 63.0 Å². The minimum Gasteiger partial charge on any atom is -0.192 e. The number of nitrogens with zero attached hydrogens (tertiary/aromatic N) is 1. The van der Waals surface area contributed by atoms with E-state index in [-0.39, 0.29) is 0 Å². The molecule has 1 nitrogen and oxygen atoms in total. The van der Waals surface area contributed by atoms with E-state index in [2.05, 4.69) is 37.3 Å². The predicted molar refractivity (Wildman–Crippen MR) is 89.0 cm³/mol. The average molecular weight is 281 g/mol. The molecule has 21 heavy (non-hydrogen) atoms. The summed E-state index contributed by atoms with van der Waals surface area (Å²) in [7, 11) is 0. The second kappa shape index (κ2) is 8.67. The lowest BCUT2D eigenvalue weighted by molar-refractivity contribution is 0.294. The van der Waals surface area contributed by atoms with Gasteiger partial charge in [0.1, 0.15) is 0 Å². The molecule has 1 heteroatoms. The zero-order valence-electron chi connectivity index (χ0n) is 13.2. The van der Waals surface area contributed by atoms with Gasteiger partial charge in [-0.2, -0.15) is 5.26 Å². The Balaban J connectivity index is 1.67. The maximum Gasteiger partial charge on any atom is 0.0991 e. The van der Waals surface area contributed by atoms with Gasteiger partial charge in [0.2, 0.25) is 0 Å². The number of hydrogen-bond donors (Lipinski definition) is 0. The van der Waals surface area contributed by atoms with Crippen LogP contribution in [0.4, 0.5) is 0 Å². The highest BCUT2D eigenvalue weighted by atomic mass is 14.2. The van der Waals surface area contributed by atoms with Crippen LogP contribution in [0.2, 0.25) is 0 Å². The molecule has 0 bridgehead atoms. The molecule has 0 spiro atoms. The van der Waals surface area contributed by atoms with Crippen molar-refractivity contribution in [2.45, 2.75) is 58.3 Å². The lowest BCUT2D eigenvalue weighted by Gasteiger charge is -2.26. The van der Waals surface area contributed by atoms with Gasteiger partial charge in [-0.25, -0.2) is 0 Å². The van der Waals surface area contributed by atoms with E-state index in [1.54, 1.807) is 0 Å². The smallest absolute Gasteiger partial charge is 0.0991 e. The van der Waals surface area contributed by atoms with Crippen molar-refractivity contribution in [3.8, 4) is 6.07 Å². The third kappa shape index (κ3) is 5.38. The molecule has 0 aromatic heterocycles. The van der Waals surface area contributed by atoms with Gasteiger partial charge in [-0.15, -0.1) is 0 Å². The standard InChI is InChI=1S/C20H27N/c1-2-5-17-8-10-18(11-9-17)6-3-4-7-19-12-14-20(16-21)15-13-19/h3,6,12-15,17-18H,2,4-5,7-11H2,1H3. The summed E-state index contributed by atoms with van der Waals surface area (Å²) >= 11 is 0. The van der Waals surface area contributed by atoms with Gasteiger partial charge in [0.05, 0.1) is 11.6 Å². The van der Waals surface area contributed by atoms with Crippen LogP contribution in [0.3, 0.4) is 0 Å². The van der Waals surface area contributed by atoms with Crippen LogP contribution in [0, 0.1) is 23.2 Å². The molecule has 0 N–H and O–H groups in total. The second-order valence-corrected chi connectivity index (χ2v) is 6.35. The summed E-state index contributed by atoms with van der Waals surface area (Å²) in [6, 6.07) is 10.1. The van der Waals surface area contributed by atoms with E-state index in [1.807, 2.05) is 12.1 Å². The third-order valence-corrected chi connectivity index (χ3v) is 4.68. The zero-order chi connectivity index (χ0) is 14.9. The van der Waals surface area contributed by atoms with E-state index in [0.29, 0.717) is 0 Å². The Labute approximate surface area is 129 Å². The van der Waals surface area contributed by atoms with Gasteiger partial charge in [0.15, 0.2) is 0 Å². The van der Waals surface area contributed by atoms with Crippen molar-refractivity contribution in [1.29, 1.82) is 5.26 Å². The minimum atomic E-state index is 0.748. The van der Waals surface area contributed by atoms with Gasteiger partial charge >= 0.3 is 0 Å². The molecule has 1 saturated carbocycles. The molecule has 1 aliphatic rings. The SMILES string of the molecule is CCCC1CCC(C=CCCc2ccc(C#N)cc2)CC1. The first-order valence-electron chi connectivity index (χ1n) is 8.47. The van der Waals surface area contributed by atoms with Crippen LogP contribution < -0.4 is 0 Å². The quantitative estimate of drug-likeness (QED) is 0.618. The Hall–Kier alpha value is -1.55. The lowest BCUT2D eigenvalue weighted by atomic mass is 9.80. The van der Waals surface area contributed by atoms with Gasteiger partial charge in [-0.1, -0.05) is 44.1 Å². The first-order chi connectivity index (χ1) is 10.3. The highest BCUT2D eigenvalue weighted by Gasteiger charge is 2.18. The second-order valence-electron chi connectivity index (χ2n) is 6.35. The number of benzene rings is 1. The van der Waals surface area contributed by atoms with Gasteiger partial charge in [-0.05, 0) is 68.1 Å². The lowest BCUT2D eigenvalue weighted by Crippen LogP contribution is -2.12. The van der Waals surface area contributed by atoms with Crippen molar-refractivity contribution in [1.82, 2.24) is 0 Å². The Kier molecular flexibility index (Phi) is 6.54. The zero-order valence-corrected chi connectivity index (χ0v) is 13.2. The van der Waals surface area contributed by atoms with Crippen molar-refractivity contribution >= 4 is 0 Å². The van der Waals surface area contributed by atoms with Crippen molar-refractivity contribution in [3.05, 3.63) is 47.5 Å². The molecule has 0 radical (unpaired) electrons. The molecule has 1 aromatic carbocycles. The van der Waals surface area contributed by atoms with E-state index >= 15 is 0 Å². The maximum absolute atomic E-state index is 8.78. The summed E-state index contributed by atoms with van der Waals surface area (Å²) in [5.41, 5.74) is 2.07. The van der Waals surface area contributed by atoms with Crippen molar-refractivity contribution in [3.63, 3.8) is 0 Å². The summed E-state index contributed by atoms with van der Waals surface area (Å²) in [6.07, 6.45) is 15.4. The van der Waals surface area contributed by atoms with E-state index in [0.717, 1.165) is 30.2 Å². The third-order valence-electron chi connectivity index (χ3n) is 4.68. The Morgan fingerprint density at radius 2 is 1.86 bits per heavy atom. The fourth-order valence-electron chi connectivity index (χ4n) is 3.36. The number of rotatable bonds is 6. The van der Waals surface area contributed by atoms with Gasteiger partial charge < -0.3 is 0 Å². The van der Waals surface area contributed by atoms with Crippen LogP contribution >= 0.6 is 0 Å². The van der Waals surface area contributed by atoms with Gasteiger partial charge in [0.25, 0.3) is 0 Å². The van der Waals surface area contributed by atoms with Crippen LogP contribution in [-0.4, -0.2) is 0 Å². The largest absolute Gasteiger partial charge is 0.192 e. The Morgan fingerprint density at radius 1 is 1.14 bits per heavy atom. The molecule has 1 fully saturated rings. The van der Waals surface area contributed by atoms with Crippen LogP contribution in [0.5, 0.6) is 0 Å². The van der Waals surface area contributed by atoms with Crippen LogP contribution in [0.25, 0.3) is 0 Å². The Morgan fingerprint density at radius 3 is 2.48 bits per heavy atom. The fraction of sp³-hybridized carbons (Fsp3) is 0.550. The van der Waals surface area contributed by atoms with E-state index in [1.165, 1.54) is 44.1 Å². The molecular formula is C20H27N. The van der Waals surface area contributed by atoms with Crippen LogP contribution in [-0.2, 0) is 6.42 Å². The highest BCUT2D eigenvalue weighted by Crippen LogP contribution is 2.32. The summed E-state index contributed by atoms with van der Waals surface area (Å²) < 4.78 is 0. The monoisotopic (exact) mass is 281 g/mol. The number of hydrogen-bond acceptors (Lipinski definition) is 1. The minimum absolute atomic E-state index is 0.748. The first-order valence-corrected chi connectivity index (χ1v) is 8.47. The van der Waals surface area contributed by atoms with Crippen LogP contribution in [0.15, 0.2) is 36.4 Å². The molecule has 2 rings (SSSR count). The summed E-state index contributed by atoms with van der Waals surface area (Å²) in [5, 5.41) is 8.78. The number of allylic oxidation sites excluding steroid dienone is 2. The van der Waals surface area contributed by atoms with E-state index in [9.17, 15) is 0 Å². The van der Waals surface area contributed by atoms with Gasteiger partial charge in [-0.3, -0.25) is 0 Å². The summed E-state index contributed by atoms with van der Waals surface area (Å²) in [6.45, 7) is 2.30. The Bertz CT molecular complexity index is 470. The van der Waals surface area contributed by atoms with Crippen molar-refractivity contribution in [2.24, 2.45) is 11.8 Å².